The Kier molecular flexibility index (Phi) is 2.43. The molecule has 1 aromatic rings. The number of rotatable bonds is 2. The predicted molar refractivity (Wildman–Crippen MR) is 52.6 cm³/mol. The van der Waals surface area contributed by atoms with Crippen LogP contribution in [0.25, 0.3) is 0 Å². The van der Waals surface area contributed by atoms with Crippen molar-refractivity contribution in [3.63, 3.8) is 0 Å². The number of aromatic nitrogens is 2. The highest BCUT2D eigenvalue weighted by Crippen LogP contribution is 2.20. The molecule has 0 radical (unpaired) electrons. The first-order valence-corrected chi connectivity index (χ1v) is 4.90. The second-order valence-electron chi connectivity index (χ2n) is 3.71. The largest absolute Gasteiger partial charge is 0.351 e. The maximum atomic E-state index is 4.22. The fourth-order valence-corrected chi connectivity index (χ4v) is 1.72. The average Bonchev–Trinajstić information content (AvgIpc) is 2.62. The van der Waals surface area contributed by atoms with Gasteiger partial charge in [0.25, 0.3) is 0 Å². The molecule has 1 heterocycles. The second-order valence-corrected chi connectivity index (χ2v) is 3.71. The van der Waals surface area contributed by atoms with Crippen molar-refractivity contribution in [2.75, 3.05) is 5.32 Å². The Morgan fingerprint density at radius 3 is 2.46 bits per heavy atom. The standard InChI is InChI=1S/C10H15N3/c1-8-6-11-10(12-7-8)13-9-4-2-3-5-9/h6-7,9H,2-5H2,1H3,(H,11,12,13). The Balaban J connectivity index is 1.97. The molecule has 1 fully saturated rings. The molecule has 0 unspecified atom stereocenters. The molecule has 1 aliphatic rings. The molecular formula is C10H15N3. The second kappa shape index (κ2) is 3.73. The van der Waals surface area contributed by atoms with E-state index >= 15 is 0 Å². The zero-order valence-corrected chi connectivity index (χ0v) is 7.95. The number of hydrogen-bond donors (Lipinski definition) is 1. The molecule has 1 saturated carbocycles. The zero-order valence-electron chi connectivity index (χ0n) is 7.95. The van der Waals surface area contributed by atoms with Gasteiger partial charge in [-0.15, -0.1) is 0 Å². The van der Waals surface area contributed by atoms with Gasteiger partial charge >= 0.3 is 0 Å². The monoisotopic (exact) mass is 177 g/mol. The van der Waals surface area contributed by atoms with Crippen molar-refractivity contribution in [1.29, 1.82) is 0 Å². The van der Waals surface area contributed by atoms with Crippen LogP contribution in [0.5, 0.6) is 0 Å². The van der Waals surface area contributed by atoms with E-state index in [1.54, 1.807) is 0 Å². The van der Waals surface area contributed by atoms with Crippen LogP contribution in [0.1, 0.15) is 31.2 Å². The molecule has 2 rings (SSSR count). The number of hydrogen-bond acceptors (Lipinski definition) is 3. The molecule has 0 saturated heterocycles. The Hall–Kier alpha value is -1.12. The Bertz CT molecular complexity index is 262. The molecule has 1 aliphatic carbocycles. The highest BCUT2D eigenvalue weighted by atomic mass is 15.1. The molecule has 3 nitrogen and oxygen atoms in total. The van der Waals surface area contributed by atoms with E-state index in [4.69, 9.17) is 0 Å². The van der Waals surface area contributed by atoms with Gasteiger partial charge in [0.2, 0.25) is 5.95 Å². The highest BCUT2D eigenvalue weighted by Gasteiger charge is 2.14. The Labute approximate surface area is 78.6 Å². The van der Waals surface area contributed by atoms with Crippen LogP contribution >= 0.6 is 0 Å². The predicted octanol–water partition coefficient (Wildman–Crippen LogP) is 2.14. The third kappa shape index (κ3) is 2.17. The van der Waals surface area contributed by atoms with E-state index in [-0.39, 0.29) is 0 Å². The van der Waals surface area contributed by atoms with Crippen LogP contribution in [0, 0.1) is 6.92 Å². The number of anilines is 1. The maximum Gasteiger partial charge on any atom is 0.222 e. The fraction of sp³-hybridized carbons (Fsp3) is 0.600. The highest BCUT2D eigenvalue weighted by molar-refractivity contribution is 5.26. The molecule has 1 N–H and O–H groups in total. The van der Waals surface area contributed by atoms with Crippen LogP contribution in [-0.4, -0.2) is 16.0 Å². The summed E-state index contributed by atoms with van der Waals surface area (Å²) in [5.74, 6) is 0.775. The summed E-state index contributed by atoms with van der Waals surface area (Å²) in [6, 6.07) is 0.600. The minimum Gasteiger partial charge on any atom is -0.351 e. The third-order valence-electron chi connectivity index (χ3n) is 2.47. The normalized spacial score (nSPS) is 17.6. The minimum atomic E-state index is 0.600. The van der Waals surface area contributed by atoms with E-state index in [0.717, 1.165) is 11.5 Å². The molecule has 0 atom stereocenters. The van der Waals surface area contributed by atoms with Crippen molar-refractivity contribution in [2.45, 2.75) is 38.6 Å². The summed E-state index contributed by atoms with van der Waals surface area (Å²) < 4.78 is 0. The number of aryl methyl sites for hydroxylation is 1. The van der Waals surface area contributed by atoms with Crippen molar-refractivity contribution in [3.05, 3.63) is 18.0 Å². The SMILES string of the molecule is Cc1cnc(NC2CCCC2)nc1. The van der Waals surface area contributed by atoms with Gasteiger partial charge in [-0.05, 0) is 25.3 Å². The average molecular weight is 177 g/mol. The summed E-state index contributed by atoms with van der Waals surface area (Å²) in [7, 11) is 0. The molecule has 1 aromatic heterocycles. The zero-order chi connectivity index (χ0) is 9.10. The summed E-state index contributed by atoms with van der Waals surface area (Å²) in [5.41, 5.74) is 1.11. The van der Waals surface area contributed by atoms with Gasteiger partial charge < -0.3 is 5.32 Å². The van der Waals surface area contributed by atoms with E-state index in [0.29, 0.717) is 6.04 Å². The van der Waals surface area contributed by atoms with Gasteiger partial charge in [0.15, 0.2) is 0 Å². The molecular weight excluding hydrogens is 162 g/mol. The summed E-state index contributed by atoms with van der Waals surface area (Å²) in [5, 5.41) is 3.35. The Morgan fingerprint density at radius 1 is 1.23 bits per heavy atom. The van der Waals surface area contributed by atoms with Gasteiger partial charge in [0, 0.05) is 18.4 Å². The van der Waals surface area contributed by atoms with Gasteiger partial charge in [0.1, 0.15) is 0 Å². The van der Waals surface area contributed by atoms with Crippen molar-refractivity contribution in [1.82, 2.24) is 9.97 Å². The first-order chi connectivity index (χ1) is 6.34. The molecule has 70 valence electrons. The first kappa shape index (κ1) is 8.48. The molecule has 0 aromatic carbocycles. The Morgan fingerprint density at radius 2 is 1.85 bits per heavy atom. The van der Waals surface area contributed by atoms with Gasteiger partial charge in [0.05, 0.1) is 0 Å². The first-order valence-electron chi connectivity index (χ1n) is 4.90. The van der Waals surface area contributed by atoms with Crippen molar-refractivity contribution in [3.8, 4) is 0 Å². The fourth-order valence-electron chi connectivity index (χ4n) is 1.72. The van der Waals surface area contributed by atoms with Gasteiger partial charge in [-0.1, -0.05) is 12.8 Å². The van der Waals surface area contributed by atoms with Crippen molar-refractivity contribution >= 4 is 5.95 Å². The van der Waals surface area contributed by atoms with Gasteiger partial charge in [-0.3, -0.25) is 0 Å². The lowest BCUT2D eigenvalue weighted by atomic mass is 10.2. The van der Waals surface area contributed by atoms with Crippen LogP contribution < -0.4 is 5.32 Å². The van der Waals surface area contributed by atoms with E-state index < -0.39 is 0 Å². The topological polar surface area (TPSA) is 37.8 Å². The van der Waals surface area contributed by atoms with Crippen LogP contribution in [0.2, 0.25) is 0 Å². The maximum absolute atomic E-state index is 4.22. The minimum absolute atomic E-state index is 0.600. The molecule has 0 spiro atoms. The third-order valence-corrected chi connectivity index (χ3v) is 2.47. The molecule has 0 amide bonds. The van der Waals surface area contributed by atoms with E-state index in [1.807, 2.05) is 19.3 Å². The van der Waals surface area contributed by atoms with E-state index in [9.17, 15) is 0 Å². The van der Waals surface area contributed by atoms with Gasteiger partial charge in [-0.2, -0.15) is 0 Å². The number of nitrogens with one attached hydrogen (secondary N) is 1. The molecule has 3 heteroatoms. The lowest BCUT2D eigenvalue weighted by Crippen LogP contribution is -2.16. The lowest BCUT2D eigenvalue weighted by molar-refractivity contribution is 0.743. The molecule has 13 heavy (non-hydrogen) atoms. The number of nitrogens with zero attached hydrogens (tertiary/aromatic N) is 2. The van der Waals surface area contributed by atoms with Crippen LogP contribution in [0.3, 0.4) is 0 Å². The van der Waals surface area contributed by atoms with E-state index in [1.165, 1.54) is 25.7 Å². The van der Waals surface area contributed by atoms with Gasteiger partial charge in [-0.25, -0.2) is 9.97 Å². The summed E-state index contributed by atoms with van der Waals surface area (Å²) in [6.07, 6.45) is 8.90. The summed E-state index contributed by atoms with van der Waals surface area (Å²) in [6.45, 7) is 2.00. The molecule has 0 aliphatic heterocycles. The van der Waals surface area contributed by atoms with Crippen LogP contribution in [0.4, 0.5) is 5.95 Å². The van der Waals surface area contributed by atoms with Crippen LogP contribution in [-0.2, 0) is 0 Å². The summed E-state index contributed by atoms with van der Waals surface area (Å²) >= 11 is 0. The quantitative estimate of drug-likeness (QED) is 0.752. The molecule has 0 bridgehead atoms. The van der Waals surface area contributed by atoms with Crippen molar-refractivity contribution < 1.29 is 0 Å². The lowest BCUT2D eigenvalue weighted by Gasteiger charge is -2.10. The summed E-state index contributed by atoms with van der Waals surface area (Å²) in [4.78, 5) is 8.44. The van der Waals surface area contributed by atoms with E-state index in [2.05, 4.69) is 15.3 Å². The van der Waals surface area contributed by atoms with Crippen molar-refractivity contribution in [2.24, 2.45) is 0 Å². The smallest absolute Gasteiger partial charge is 0.222 e. The van der Waals surface area contributed by atoms with Crippen LogP contribution in [0.15, 0.2) is 12.4 Å².